The van der Waals surface area contributed by atoms with Gasteiger partial charge in [0, 0.05) is 6.54 Å². The predicted molar refractivity (Wildman–Crippen MR) is 50.6 cm³/mol. The van der Waals surface area contributed by atoms with Crippen LogP contribution in [0.2, 0.25) is 0 Å². The smallest absolute Gasteiger partial charge is 0.167 e. The number of halogens is 1. The number of hydrogen-bond acceptors (Lipinski definition) is 2. The van der Waals surface area contributed by atoms with Crippen LogP contribution in [0.15, 0.2) is 18.2 Å². The van der Waals surface area contributed by atoms with Gasteiger partial charge in [-0.05, 0) is 25.6 Å². The molecule has 0 aliphatic rings. The van der Waals surface area contributed by atoms with Crippen LogP contribution in [0.5, 0.6) is 5.75 Å². The van der Waals surface area contributed by atoms with E-state index in [2.05, 4.69) is 5.32 Å². The lowest BCUT2D eigenvalue weighted by Gasteiger charge is -2.07. The van der Waals surface area contributed by atoms with Gasteiger partial charge >= 0.3 is 0 Å². The second-order valence-corrected chi connectivity index (χ2v) is 2.84. The average Bonchev–Trinajstić information content (AvgIpc) is 2.13. The van der Waals surface area contributed by atoms with Gasteiger partial charge in [0.15, 0.2) is 11.6 Å². The van der Waals surface area contributed by atoms with Crippen LogP contribution in [0, 0.1) is 12.7 Å². The van der Waals surface area contributed by atoms with E-state index in [0.717, 1.165) is 0 Å². The summed E-state index contributed by atoms with van der Waals surface area (Å²) in [5.74, 6) is 0.0638. The Kier molecular flexibility index (Phi) is 3.71. The summed E-state index contributed by atoms with van der Waals surface area (Å²) in [5.41, 5.74) is 0.613. The van der Waals surface area contributed by atoms with Crippen molar-refractivity contribution < 1.29 is 9.13 Å². The summed E-state index contributed by atoms with van der Waals surface area (Å²) in [5, 5.41) is 2.92. The highest BCUT2D eigenvalue weighted by atomic mass is 19.1. The second-order valence-electron chi connectivity index (χ2n) is 2.84. The van der Waals surface area contributed by atoms with Crippen LogP contribution in [0.25, 0.3) is 0 Å². The minimum Gasteiger partial charge on any atom is -0.489 e. The largest absolute Gasteiger partial charge is 0.489 e. The molecule has 0 unspecified atom stereocenters. The summed E-state index contributed by atoms with van der Waals surface area (Å²) in [6, 6.07) is 5.14. The van der Waals surface area contributed by atoms with Gasteiger partial charge in [-0.1, -0.05) is 12.1 Å². The Hall–Kier alpha value is -1.09. The van der Waals surface area contributed by atoms with E-state index in [9.17, 15) is 4.39 Å². The van der Waals surface area contributed by atoms with E-state index in [0.29, 0.717) is 24.5 Å². The zero-order valence-electron chi connectivity index (χ0n) is 7.93. The minimum atomic E-state index is -0.265. The molecule has 0 aromatic heterocycles. The molecule has 2 nitrogen and oxygen atoms in total. The molecular weight excluding hydrogens is 169 g/mol. The molecule has 3 heteroatoms. The van der Waals surface area contributed by atoms with Gasteiger partial charge in [-0.3, -0.25) is 0 Å². The fraction of sp³-hybridized carbons (Fsp3) is 0.400. The highest BCUT2D eigenvalue weighted by Gasteiger charge is 2.04. The van der Waals surface area contributed by atoms with E-state index in [1.807, 2.05) is 7.05 Å². The molecule has 0 bridgehead atoms. The van der Waals surface area contributed by atoms with Crippen LogP contribution in [0.3, 0.4) is 0 Å². The molecule has 0 amide bonds. The molecular formula is C10H14FNO. The second kappa shape index (κ2) is 4.82. The SMILES string of the molecule is CNCCOc1cccc(C)c1F. The van der Waals surface area contributed by atoms with Crippen molar-refractivity contribution in [2.24, 2.45) is 0 Å². The molecule has 13 heavy (non-hydrogen) atoms. The lowest BCUT2D eigenvalue weighted by atomic mass is 10.2. The maximum absolute atomic E-state index is 13.3. The Bertz CT molecular complexity index is 276. The van der Waals surface area contributed by atoms with Crippen molar-refractivity contribution in [1.82, 2.24) is 5.32 Å². The van der Waals surface area contributed by atoms with Gasteiger partial charge in [-0.25, -0.2) is 4.39 Å². The van der Waals surface area contributed by atoms with Crippen LogP contribution in [0.4, 0.5) is 4.39 Å². The molecule has 72 valence electrons. The van der Waals surface area contributed by atoms with Crippen molar-refractivity contribution in [3.63, 3.8) is 0 Å². The maximum atomic E-state index is 13.3. The van der Waals surface area contributed by atoms with Gasteiger partial charge in [0.25, 0.3) is 0 Å². The highest BCUT2D eigenvalue weighted by Crippen LogP contribution is 2.19. The quantitative estimate of drug-likeness (QED) is 0.718. The molecule has 1 aromatic carbocycles. The maximum Gasteiger partial charge on any atom is 0.167 e. The van der Waals surface area contributed by atoms with Crippen LogP contribution < -0.4 is 10.1 Å². The van der Waals surface area contributed by atoms with Gasteiger partial charge in [0.2, 0.25) is 0 Å². The van der Waals surface area contributed by atoms with E-state index in [4.69, 9.17) is 4.74 Å². The molecule has 1 rings (SSSR count). The van der Waals surface area contributed by atoms with Crippen LogP contribution in [0.1, 0.15) is 5.56 Å². The van der Waals surface area contributed by atoms with Crippen molar-refractivity contribution in [2.75, 3.05) is 20.2 Å². The number of aryl methyl sites for hydroxylation is 1. The Morgan fingerprint density at radius 2 is 2.23 bits per heavy atom. The van der Waals surface area contributed by atoms with Crippen molar-refractivity contribution in [2.45, 2.75) is 6.92 Å². The number of rotatable bonds is 4. The van der Waals surface area contributed by atoms with E-state index in [-0.39, 0.29) is 5.82 Å². The first-order valence-corrected chi connectivity index (χ1v) is 4.28. The monoisotopic (exact) mass is 183 g/mol. The summed E-state index contributed by atoms with van der Waals surface area (Å²) in [7, 11) is 1.83. The van der Waals surface area contributed by atoms with E-state index in [1.54, 1.807) is 25.1 Å². The lowest BCUT2D eigenvalue weighted by Crippen LogP contribution is -2.16. The summed E-state index contributed by atoms with van der Waals surface area (Å²) in [6.07, 6.45) is 0. The fourth-order valence-corrected chi connectivity index (χ4v) is 0.995. The zero-order valence-corrected chi connectivity index (χ0v) is 7.93. The molecule has 0 aliphatic heterocycles. The topological polar surface area (TPSA) is 21.3 Å². The third kappa shape index (κ3) is 2.70. The molecule has 0 radical (unpaired) electrons. The summed E-state index contributed by atoms with van der Waals surface area (Å²) in [4.78, 5) is 0. The third-order valence-corrected chi connectivity index (χ3v) is 1.77. The molecule has 0 saturated carbocycles. The molecule has 0 aliphatic carbocycles. The van der Waals surface area contributed by atoms with E-state index in [1.165, 1.54) is 0 Å². The number of benzene rings is 1. The Morgan fingerprint density at radius 1 is 1.46 bits per heavy atom. The molecule has 0 fully saturated rings. The lowest BCUT2D eigenvalue weighted by molar-refractivity contribution is 0.302. The van der Waals surface area contributed by atoms with E-state index >= 15 is 0 Å². The first kappa shape index (κ1) is 9.99. The van der Waals surface area contributed by atoms with Crippen molar-refractivity contribution >= 4 is 0 Å². The molecule has 0 spiro atoms. The average molecular weight is 183 g/mol. The minimum absolute atomic E-state index is 0.265. The van der Waals surface area contributed by atoms with Crippen molar-refractivity contribution in [3.8, 4) is 5.75 Å². The van der Waals surface area contributed by atoms with Crippen molar-refractivity contribution in [3.05, 3.63) is 29.6 Å². The van der Waals surface area contributed by atoms with Gasteiger partial charge in [-0.15, -0.1) is 0 Å². The van der Waals surface area contributed by atoms with Gasteiger partial charge in [-0.2, -0.15) is 0 Å². The number of nitrogens with one attached hydrogen (secondary N) is 1. The number of ether oxygens (including phenoxy) is 1. The van der Waals surface area contributed by atoms with Crippen molar-refractivity contribution in [1.29, 1.82) is 0 Å². The fourth-order valence-electron chi connectivity index (χ4n) is 0.995. The standard InChI is InChI=1S/C10H14FNO/c1-8-4-3-5-9(10(8)11)13-7-6-12-2/h3-5,12H,6-7H2,1-2H3. The Labute approximate surface area is 77.7 Å². The number of hydrogen-bond donors (Lipinski definition) is 1. The molecule has 1 aromatic rings. The summed E-state index contributed by atoms with van der Waals surface area (Å²) in [6.45, 7) is 2.92. The summed E-state index contributed by atoms with van der Waals surface area (Å²) < 4.78 is 18.5. The molecule has 1 N–H and O–H groups in total. The third-order valence-electron chi connectivity index (χ3n) is 1.77. The Morgan fingerprint density at radius 3 is 2.92 bits per heavy atom. The summed E-state index contributed by atoms with van der Waals surface area (Å²) >= 11 is 0. The first-order valence-electron chi connectivity index (χ1n) is 4.28. The number of likely N-dealkylation sites (N-methyl/N-ethyl adjacent to an activating group) is 1. The molecule has 0 atom stereocenters. The highest BCUT2D eigenvalue weighted by molar-refractivity contribution is 5.29. The normalized spacial score (nSPS) is 10.1. The molecule has 0 heterocycles. The zero-order chi connectivity index (χ0) is 9.68. The first-order chi connectivity index (χ1) is 6.25. The van der Waals surface area contributed by atoms with Gasteiger partial charge < -0.3 is 10.1 Å². The van der Waals surface area contributed by atoms with Crippen LogP contribution >= 0.6 is 0 Å². The van der Waals surface area contributed by atoms with E-state index < -0.39 is 0 Å². The van der Waals surface area contributed by atoms with Crippen LogP contribution in [-0.2, 0) is 0 Å². The predicted octanol–water partition coefficient (Wildman–Crippen LogP) is 1.73. The van der Waals surface area contributed by atoms with Gasteiger partial charge in [0.05, 0.1) is 0 Å². The van der Waals surface area contributed by atoms with Crippen LogP contribution in [-0.4, -0.2) is 20.2 Å². The Balaban J connectivity index is 2.61. The molecule has 0 saturated heterocycles. The van der Waals surface area contributed by atoms with Gasteiger partial charge in [0.1, 0.15) is 6.61 Å².